The van der Waals surface area contributed by atoms with E-state index in [1.807, 2.05) is 37.3 Å². The molecule has 4 nitrogen and oxygen atoms in total. The number of carbonyl (C=O) groups excluding carboxylic acids is 1. The lowest BCUT2D eigenvalue weighted by atomic mass is 10.2. The van der Waals surface area contributed by atoms with Crippen LogP contribution in [0.25, 0.3) is 0 Å². The van der Waals surface area contributed by atoms with Crippen LogP contribution in [0.2, 0.25) is 0 Å². The topological polar surface area (TPSA) is 51.2 Å². The van der Waals surface area contributed by atoms with Crippen LogP contribution in [0.4, 0.5) is 0 Å². The molecule has 0 saturated carbocycles. The molecule has 0 bridgehead atoms. The van der Waals surface area contributed by atoms with E-state index in [2.05, 4.69) is 10.3 Å². The van der Waals surface area contributed by atoms with Crippen molar-refractivity contribution in [1.82, 2.24) is 10.3 Å². The van der Waals surface area contributed by atoms with E-state index in [0.717, 1.165) is 5.56 Å². The van der Waals surface area contributed by atoms with Crippen LogP contribution in [0.3, 0.4) is 0 Å². The van der Waals surface area contributed by atoms with Crippen LogP contribution in [0.5, 0.6) is 5.88 Å². The van der Waals surface area contributed by atoms with Gasteiger partial charge in [0, 0.05) is 12.7 Å². The van der Waals surface area contributed by atoms with E-state index in [4.69, 9.17) is 4.74 Å². The molecule has 98 valence electrons. The monoisotopic (exact) mass is 256 g/mol. The Kier molecular flexibility index (Phi) is 4.50. The normalized spacial score (nSPS) is 9.95. The van der Waals surface area contributed by atoms with Crippen molar-refractivity contribution in [3.8, 4) is 5.88 Å². The van der Waals surface area contributed by atoms with E-state index in [0.29, 0.717) is 24.6 Å². The van der Waals surface area contributed by atoms with Crippen molar-refractivity contribution in [2.24, 2.45) is 0 Å². The predicted molar refractivity (Wildman–Crippen MR) is 73.0 cm³/mol. The molecule has 0 aliphatic rings. The molecule has 1 N–H and O–H groups in total. The molecule has 1 amide bonds. The minimum absolute atomic E-state index is 0.180. The Morgan fingerprint density at radius 2 is 2.00 bits per heavy atom. The van der Waals surface area contributed by atoms with Crippen molar-refractivity contribution in [3.05, 3.63) is 59.8 Å². The molecule has 1 heterocycles. The molecule has 0 aliphatic carbocycles. The number of carbonyl (C=O) groups is 1. The van der Waals surface area contributed by atoms with E-state index in [9.17, 15) is 4.79 Å². The molecule has 0 aliphatic heterocycles. The summed E-state index contributed by atoms with van der Waals surface area (Å²) < 4.78 is 5.34. The maximum Gasteiger partial charge on any atom is 0.257 e. The molecule has 4 heteroatoms. The third kappa shape index (κ3) is 3.55. The first kappa shape index (κ1) is 13.1. The molecule has 0 atom stereocenters. The van der Waals surface area contributed by atoms with Gasteiger partial charge in [-0.05, 0) is 24.6 Å². The summed E-state index contributed by atoms with van der Waals surface area (Å²) >= 11 is 0. The predicted octanol–water partition coefficient (Wildman–Crippen LogP) is 2.41. The summed E-state index contributed by atoms with van der Waals surface area (Å²) in [5, 5.41) is 2.86. The second-order valence-electron chi connectivity index (χ2n) is 3.96. The fraction of sp³-hybridized carbons (Fsp3) is 0.200. The van der Waals surface area contributed by atoms with Crippen LogP contribution in [0.1, 0.15) is 22.8 Å². The summed E-state index contributed by atoms with van der Waals surface area (Å²) in [5.74, 6) is 0.191. The number of nitrogens with one attached hydrogen (secondary N) is 1. The van der Waals surface area contributed by atoms with Gasteiger partial charge in [-0.15, -0.1) is 0 Å². The number of amides is 1. The zero-order chi connectivity index (χ0) is 13.5. The smallest absolute Gasteiger partial charge is 0.257 e. The van der Waals surface area contributed by atoms with Gasteiger partial charge in [0.1, 0.15) is 5.56 Å². The van der Waals surface area contributed by atoms with E-state index >= 15 is 0 Å². The Bertz CT molecular complexity index is 541. The molecule has 0 radical (unpaired) electrons. The maximum absolute atomic E-state index is 12.1. The number of ether oxygens (including phenoxy) is 1. The summed E-state index contributed by atoms with van der Waals surface area (Å²) in [6.07, 6.45) is 1.61. The van der Waals surface area contributed by atoms with Gasteiger partial charge in [-0.2, -0.15) is 0 Å². The van der Waals surface area contributed by atoms with Gasteiger partial charge < -0.3 is 10.1 Å². The molecule has 0 saturated heterocycles. The fourth-order valence-electron chi connectivity index (χ4n) is 1.69. The van der Waals surface area contributed by atoms with Crippen LogP contribution >= 0.6 is 0 Å². The van der Waals surface area contributed by atoms with Crippen molar-refractivity contribution in [2.45, 2.75) is 13.5 Å². The van der Waals surface area contributed by atoms with Crippen LogP contribution in [-0.4, -0.2) is 17.5 Å². The highest BCUT2D eigenvalue weighted by Gasteiger charge is 2.12. The summed E-state index contributed by atoms with van der Waals surface area (Å²) in [4.78, 5) is 16.1. The number of pyridine rings is 1. The molecule has 1 aromatic carbocycles. The highest BCUT2D eigenvalue weighted by molar-refractivity contribution is 5.96. The Hall–Kier alpha value is -2.36. The van der Waals surface area contributed by atoms with Crippen LogP contribution in [-0.2, 0) is 6.54 Å². The van der Waals surface area contributed by atoms with E-state index in [1.54, 1.807) is 18.3 Å². The second-order valence-corrected chi connectivity index (χ2v) is 3.96. The van der Waals surface area contributed by atoms with Gasteiger partial charge in [-0.25, -0.2) is 4.98 Å². The Labute approximate surface area is 112 Å². The second kappa shape index (κ2) is 6.54. The average Bonchev–Trinajstić information content (AvgIpc) is 2.47. The van der Waals surface area contributed by atoms with E-state index < -0.39 is 0 Å². The first-order valence-corrected chi connectivity index (χ1v) is 6.21. The van der Waals surface area contributed by atoms with Gasteiger partial charge in [0.05, 0.1) is 6.61 Å². The number of benzene rings is 1. The third-order valence-corrected chi connectivity index (χ3v) is 2.59. The van der Waals surface area contributed by atoms with Crippen molar-refractivity contribution in [2.75, 3.05) is 6.61 Å². The van der Waals surface area contributed by atoms with E-state index in [-0.39, 0.29) is 5.91 Å². The van der Waals surface area contributed by atoms with Gasteiger partial charge in [0.15, 0.2) is 0 Å². The number of hydrogen-bond acceptors (Lipinski definition) is 3. The standard InChI is InChI=1S/C15H16N2O2/c1-2-19-15-13(9-6-10-16-15)14(18)17-11-12-7-4-3-5-8-12/h3-10H,2,11H2,1H3,(H,17,18). The van der Waals surface area contributed by atoms with Crippen LogP contribution in [0.15, 0.2) is 48.7 Å². The summed E-state index contributed by atoms with van der Waals surface area (Å²) in [6.45, 7) is 2.83. The molecule has 19 heavy (non-hydrogen) atoms. The molecule has 0 fully saturated rings. The summed E-state index contributed by atoms with van der Waals surface area (Å²) in [5.41, 5.74) is 1.51. The zero-order valence-corrected chi connectivity index (χ0v) is 10.8. The quantitative estimate of drug-likeness (QED) is 0.893. The molecule has 0 unspecified atom stereocenters. The minimum atomic E-state index is -0.180. The van der Waals surface area contributed by atoms with Crippen LogP contribution < -0.4 is 10.1 Å². The zero-order valence-electron chi connectivity index (χ0n) is 10.8. The van der Waals surface area contributed by atoms with Crippen molar-refractivity contribution in [1.29, 1.82) is 0 Å². The molecular weight excluding hydrogens is 240 g/mol. The lowest BCUT2D eigenvalue weighted by molar-refractivity contribution is 0.0946. The molecule has 2 rings (SSSR count). The number of nitrogens with zero attached hydrogens (tertiary/aromatic N) is 1. The van der Waals surface area contributed by atoms with Gasteiger partial charge >= 0.3 is 0 Å². The van der Waals surface area contributed by atoms with Gasteiger partial charge in [0.25, 0.3) is 5.91 Å². The minimum Gasteiger partial charge on any atom is -0.477 e. The largest absolute Gasteiger partial charge is 0.477 e. The first-order chi connectivity index (χ1) is 9.31. The molecule has 2 aromatic rings. The maximum atomic E-state index is 12.1. The Balaban J connectivity index is 2.04. The lowest BCUT2D eigenvalue weighted by Gasteiger charge is -2.09. The highest BCUT2D eigenvalue weighted by Crippen LogP contribution is 2.14. The SMILES string of the molecule is CCOc1ncccc1C(=O)NCc1ccccc1. The third-order valence-electron chi connectivity index (χ3n) is 2.59. The van der Waals surface area contributed by atoms with Gasteiger partial charge in [-0.1, -0.05) is 30.3 Å². The summed E-state index contributed by atoms with van der Waals surface area (Å²) in [6, 6.07) is 13.2. The highest BCUT2D eigenvalue weighted by atomic mass is 16.5. The lowest BCUT2D eigenvalue weighted by Crippen LogP contribution is -2.23. The first-order valence-electron chi connectivity index (χ1n) is 6.21. The molecule has 1 aromatic heterocycles. The van der Waals surface area contributed by atoms with Gasteiger partial charge in [0.2, 0.25) is 5.88 Å². The van der Waals surface area contributed by atoms with Gasteiger partial charge in [-0.3, -0.25) is 4.79 Å². The van der Waals surface area contributed by atoms with Crippen molar-refractivity contribution in [3.63, 3.8) is 0 Å². The Morgan fingerprint density at radius 1 is 1.21 bits per heavy atom. The number of aromatic nitrogens is 1. The van der Waals surface area contributed by atoms with E-state index in [1.165, 1.54) is 0 Å². The van der Waals surface area contributed by atoms with Crippen molar-refractivity contribution >= 4 is 5.91 Å². The Morgan fingerprint density at radius 3 is 2.74 bits per heavy atom. The van der Waals surface area contributed by atoms with Crippen LogP contribution in [0, 0.1) is 0 Å². The van der Waals surface area contributed by atoms with Crippen molar-refractivity contribution < 1.29 is 9.53 Å². The molecule has 0 spiro atoms. The number of hydrogen-bond donors (Lipinski definition) is 1. The summed E-state index contributed by atoms with van der Waals surface area (Å²) in [7, 11) is 0. The molecular formula is C15H16N2O2. The fourth-order valence-corrected chi connectivity index (χ4v) is 1.69. The number of rotatable bonds is 5. The average molecular weight is 256 g/mol.